The molecule has 1 N–H and O–H groups in total. The highest BCUT2D eigenvalue weighted by atomic mass is 35.5. The smallest absolute Gasteiger partial charge is 0.224 e. The molecule has 1 heterocycles. The summed E-state index contributed by atoms with van der Waals surface area (Å²) in [6.07, 6.45) is 0.972. The van der Waals surface area contributed by atoms with E-state index in [1.165, 1.54) is 0 Å². The van der Waals surface area contributed by atoms with Crippen molar-refractivity contribution in [1.82, 2.24) is 4.98 Å². The third kappa shape index (κ3) is 4.86. The van der Waals surface area contributed by atoms with Gasteiger partial charge in [-0.25, -0.2) is 4.98 Å². The number of hydrogen-bond donors (Lipinski definition) is 1. The number of ether oxygens (including phenoxy) is 2. The first-order chi connectivity index (χ1) is 11.8. The van der Waals surface area contributed by atoms with Gasteiger partial charge in [-0.1, -0.05) is 18.5 Å². The van der Waals surface area contributed by atoms with Crippen molar-refractivity contribution in [1.29, 1.82) is 0 Å². The van der Waals surface area contributed by atoms with Crippen LogP contribution in [-0.4, -0.2) is 24.7 Å². The fourth-order valence-electron chi connectivity index (χ4n) is 2.80. The summed E-state index contributed by atoms with van der Waals surface area (Å²) in [5.41, 5.74) is 4.89. The molecule has 0 aliphatic heterocycles. The number of pyridine rings is 1. The Bertz CT molecular complexity index is 724. The highest BCUT2D eigenvalue weighted by molar-refractivity contribution is 6.30. The van der Waals surface area contributed by atoms with Crippen LogP contribution in [0.15, 0.2) is 18.2 Å². The lowest BCUT2D eigenvalue weighted by Crippen LogP contribution is -2.24. The Labute approximate surface area is 155 Å². The molecule has 0 saturated carbocycles. The van der Waals surface area contributed by atoms with Crippen molar-refractivity contribution >= 4 is 17.3 Å². The number of aromatic nitrogens is 1. The summed E-state index contributed by atoms with van der Waals surface area (Å²) >= 11 is 6.12. The van der Waals surface area contributed by atoms with Gasteiger partial charge in [0.2, 0.25) is 5.88 Å². The Morgan fingerprint density at radius 3 is 2.32 bits per heavy atom. The summed E-state index contributed by atoms with van der Waals surface area (Å²) in [4.78, 5) is 4.59. The summed E-state index contributed by atoms with van der Waals surface area (Å²) in [5, 5.41) is 4.25. The molecule has 0 aliphatic carbocycles. The van der Waals surface area contributed by atoms with E-state index in [-0.39, 0.29) is 6.04 Å². The lowest BCUT2D eigenvalue weighted by Gasteiger charge is -2.21. The van der Waals surface area contributed by atoms with Gasteiger partial charge >= 0.3 is 0 Å². The average molecular weight is 363 g/mol. The van der Waals surface area contributed by atoms with E-state index in [2.05, 4.69) is 17.2 Å². The largest absolute Gasteiger partial charge is 0.438 e. The number of rotatable bonds is 7. The van der Waals surface area contributed by atoms with Crippen LogP contribution in [0.5, 0.6) is 11.6 Å². The first-order valence-corrected chi connectivity index (χ1v) is 8.91. The fraction of sp³-hybridized carbons (Fsp3) is 0.450. The maximum atomic E-state index is 6.18. The molecule has 0 bridgehead atoms. The minimum Gasteiger partial charge on any atom is -0.438 e. The van der Waals surface area contributed by atoms with E-state index in [0.29, 0.717) is 17.5 Å². The molecule has 2 aromatic rings. The van der Waals surface area contributed by atoms with E-state index >= 15 is 0 Å². The third-order valence-electron chi connectivity index (χ3n) is 4.20. The number of benzene rings is 1. The van der Waals surface area contributed by atoms with E-state index in [0.717, 1.165) is 40.2 Å². The Morgan fingerprint density at radius 2 is 1.76 bits per heavy atom. The topological polar surface area (TPSA) is 43.4 Å². The van der Waals surface area contributed by atoms with Crippen molar-refractivity contribution < 1.29 is 9.47 Å². The van der Waals surface area contributed by atoms with Crippen LogP contribution in [0.25, 0.3) is 0 Å². The molecule has 5 heteroatoms. The molecule has 0 aliphatic rings. The zero-order valence-electron chi connectivity index (χ0n) is 15.9. The van der Waals surface area contributed by atoms with Crippen LogP contribution >= 0.6 is 11.6 Å². The van der Waals surface area contributed by atoms with Crippen LogP contribution in [0.4, 0.5) is 5.69 Å². The van der Waals surface area contributed by atoms with Crippen LogP contribution in [-0.2, 0) is 4.74 Å². The Kier molecular flexibility index (Phi) is 6.68. The number of aryl methyl sites for hydroxylation is 3. The van der Waals surface area contributed by atoms with Crippen LogP contribution in [0, 0.1) is 27.7 Å². The second kappa shape index (κ2) is 8.54. The van der Waals surface area contributed by atoms with Gasteiger partial charge in [-0.2, -0.15) is 0 Å². The SMILES string of the molecule is CCC(COC)Nc1cc(C)nc(Oc2c(C)cc(Cl)cc2C)c1C. The number of nitrogens with one attached hydrogen (secondary N) is 1. The number of nitrogens with zero attached hydrogens (tertiary/aromatic N) is 1. The van der Waals surface area contributed by atoms with Crippen molar-refractivity contribution in [3.63, 3.8) is 0 Å². The molecule has 0 radical (unpaired) electrons. The van der Waals surface area contributed by atoms with Crippen molar-refractivity contribution in [2.45, 2.75) is 47.1 Å². The number of hydrogen-bond acceptors (Lipinski definition) is 4. The van der Waals surface area contributed by atoms with E-state index in [1.807, 2.05) is 45.9 Å². The Balaban J connectivity index is 2.36. The summed E-state index contributed by atoms with van der Waals surface area (Å²) in [7, 11) is 1.72. The fourth-order valence-corrected chi connectivity index (χ4v) is 3.12. The minimum absolute atomic E-state index is 0.248. The minimum atomic E-state index is 0.248. The molecule has 1 aromatic carbocycles. The highest BCUT2D eigenvalue weighted by Gasteiger charge is 2.15. The van der Waals surface area contributed by atoms with Gasteiger partial charge in [0.25, 0.3) is 0 Å². The second-order valence-corrected chi connectivity index (χ2v) is 6.85. The molecule has 0 fully saturated rings. The zero-order chi connectivity index (χ0) is 18.6. The van der Waals surface area contributed by atoms with E-state index < -0.39 is 0 Å². The molecule has 136 valence electrons. The van der Waals surface area contributed by atoms with Gasteiger partial charge < -0.3 is 14.8 Å². The van der Waals surface area contributed by atoms with Gasteiger partial charge in [-0.3, -0.25) is 0 Å². The van der Waals surface area contributed by atoms with Gasteiger partial charge in [0, 0.05) is 35.1 Å². The summed E-state index contributed by atoms with van der Waals surface area (Å²) in [6.45, 7) is 10.8. The molecule has 4 nitrogen and oxygen atoms in total. The molecule has 1 atom stereocenters. The summed E-state index contributed by atoms with van der Waals surface area (Å²) in [6, 6.07) is 6.10. The summed E-state index contributed by atoms with van der Waals surface area (Å²) in [5.74, 6) is 1.42. The molecule has 25 heavy (non-hydrogen) atoms. The quantitative estimate of drug-likeness (QED) is 0.696. The maximum absolute atomic E-state index is 6.18. The van der Waals surface area contributed by atoms with Gasteiger partial charge in [-0.05, 0) is 63.4 Å². The van der Waals surface area contributed by atoms with Crippen LogP contribution in [0.3, 0.4) is 0 Å². The molecular weight excluding hydrogens is 336 g/mol. The average Bonchev–Trinajstić information content (AvgIpc) is 2.54. The number of methoxy groups -OCH3 is 1. The molecule has 1 aromatic heterocycles. The highest BCUT2D eigenvalue weighted by Crippen LogP contribution is 2.34. The van der Waals surface area contributed by atoms with E-state index in [4.69, 9.17) is 21.1 Å². The lowest BCUT2D eigenvalue weighted by atomic mass is 10.1. The molecular formula is C20H27ClN2O2. The first-order valence-electron chi connectivity index (χ1n) is 8.54. The second-order valence-electron chi connectivity index (χ2n) is 6.42. The predicted molar refractivity (Wildman–Crippen MR) is 104 cm³/mol. The number of anilines is 1. The molecule has 0 amide bonds. The van der Waals surface area contributed by atoms with Crippen LogP contribution in [0.1, 0.15) is 35.7 Å². The monoisotopic (exact) mass is 362 g/mol. The standard InChI is InChI=1S/C20H27ClN2O2/c1-7-17(11-24-6)23-18-10-14(4)22-20(15(18)5)25-19-12(2)8-16(21)9-13(19)3/h8-10,17H,7,11H2,1-6H3,(H,22,23). The molecule has 0 spiro atoms. The Morgan fingerprint density at radius 1 is 1.12 bits per heavy atom. The zero-order valence-corrected chi connectivity index (χ0v) is 16.6. The maximum Gasteiger partial charge on any atom is 0.224 e. The molecule has 2 rings (SSSR count). The Hall–Kier alpha value is -1.78. The normalized spacial score (nSPS) is 12.1. The van der Waals surface area contributed by atoms with E-state index in [1.54, 1.807) is 7.11 Å². The third-order valence-corrected chi connectivity index (χ3v) is 4.42. The van der Waals surface area contributed by atoms with Crippen molar-refractivity contribution in [3.05, 3.63) is 45.6 Å². The number of halogens is 1. The summed E-state index contributed by atoms with van der Waals surface area (Å²) < 4.78 is 11.5. The van der Waals surface area contributed by atoms with Gasteiger partial charge in [-0.15, -0.1) is 0 Å². The van der Waals surface area contributed by atoms with Crippen LogP contribution in [0.2, 0.25) is 5.02 Å². The molecule has 0 saturated heterocycles. The lowest BCUT2D eigenvalue weighted by molar-refractivity contribution is 0.184. The van der Waals surface area contributed by atoms with Gasteiger partial charge in [0.15, 0.2) is 0 Å². The van der Waals surface area contributed by atoms with Crippen molar-refractivity contribution in [3.8, 4) is 11.6 Å². The van der Waals surface area contributed by atoms with Gasteiger partial charge in [0.05, 0.1) is 6.61 Å². The predicted octanol–water partition coefficient (Wildman–Crippen LogP) is 5.60. The van der Waals surface area contributed by atoms with Gasteiger partial charge in [0.1, 0.15) is 5.75 Å². The van der Waals surface area contributed by atoms with Crippen molar-refractivity contribution in [2.75, 3.05) is 19.0 Å². The first kappa shape index (κ1) is 19.5. The van der Waals surface area contributed by atoms with Crippen LogP contribution < -0.4 is 10.1 Å². The van der Waals surface area contributed by atoms with Crippen molar-refractivity contribution in [2.24, 2.45) is 0 Å². The van der Waals surface area contributed by atoms with E-state index in [9.17, 15) is 0 Å². The molecule has 1 unspecified atom stereocenters.